The molecule has 3 N–H and O–H groups in total. The molecule has 104 valence electrons. The van der Waals surface area contributed by atoms with Gasteiger partial charge in [0.25, 0.3) is 0 Å². The van der Waals surface area contributed by atoms with Gasteiger partial charge in [0.2, 0.25) is 5.91 Å². The number of para-hydroxylation sites is 2. The van der Waals surface area contributed by atoms with Gasteiger partial charge in [-0.2, -0.15) is 0 Å². The smallest absolute Gasteiger partial charge is 0.408 e. The normalized spacial score (nSPS) is 11.7. The Morgan fingerprint density at radius 1 is 1.37 bits per heavy atom. The Kier molecular flexibility index (Phi) is 5.85. The number of oxazole rings is 1. The second-order valence-corrected chi connectivity index (χ2v) is 4.31. The van der Waals surface area contributed by atoms with Crippen LogP contribution in [0.15, 0.2) is 33.5 Å². The molecule has 2 aromatic rings. The van der Waals surface area contributed by atoms with Crippen molar-refractivity contribution in [2.24, 2.45) is 11.7 Å². The van der Waals surface area contributed by atoms with E-state index in [2.05, 4.69) is 11.9 Å². The number of carbonyl (C=O) groups is 1. The molecule has 0 aliphatic rings. The van der Waals surface area contributed by atoms with Crippen molar-refractivity contribution in [3.63, 3.8) is 0 Å². The molecule has 1 amide bonds. The number of primary amides is 1. The topological polar surface area (TPSA) is 89.1 Å². The number of nitrogens with two attached hydrogens (primary N) is 1. The van der Waals surface area contributed by atoms with Gasteiger partial charge < -0.3 is 10.2 Å². The number of nitrogens with one attached hydrogen (secondary N) is 1. The van der Waals surface area contributed by atoms with Crippen LogP contribution in [0.25, 0.3) is 11.1 Å². The Hall–Kier alpha value is -2.04. The SMILES string of the molecule is CCCC(CC)C(N)=O.O=c1[nH]c2ccccc2o1. The standard InChI is InChI=1S/C7H5NO2.C7H15NO/c9-7-8-5-3-1-2-4-6(5)10-7;1-3-5-6(4-2)7(8)9/h1-4H,(H,8,9);6H,3-5H2,1-2H3,(H2,8,9). The van der Waals surface area contributed by atoms with Gasteiger partial charge in [-0.1, -0.05) is 32.4 Å². The molecule has 0 aliphatic carbocycles. The Balaban J connectivity index is 0.000000192. The minimum Gasteiger partial charge on any atom is -0.408 e. The summed E-state index contributed by atoms with van der Waals surface area (Å²) in [5.74, 6) is -0.449. The summed E-state index contributed by atoms with van der Waals surface area (Å²) < 4.78 is 4.76. The third kappa shape index (κ3) is 4.62. The molecular weight excluding hydrogens is 244 g/mol. The second kappa shape index (κ2) is 7.41. The maximum absolute atomic E-state index is 10.6. The molecule has 0 bridgehead atoms. The van der Waals surface area contributed by atoms with Crippen molar-refractivity contribution in [3.05, 3.63) is 34.8 Å². The predicted molar refractivity (Wildman–Crippen MR) is 74.7 cm³/mol. The van der Waals surface area contributed by atoms with Crippen molar-refractivity contribution in [2.75, 3.05) is 0 Å². The van der Waals surface area contributed by atoms with E-state index in [1.54, 1.807) is 12.1 Å². The molecule has 0 saturated carbocycles. The Morgan fingerprint density at radius 3 is 2.53 bits per heavy atom. The van der Waals surface area contributed by atoms with Gasteiger partial charge >= 0.3 is 5.76 Å². The zero-order valence-corrected chi connectivity index (χ0v) is 11.3. The molecule has 0 radical (unpaired) electrons. The molecule has 5 nitrogen and oxygen atoms in total. The summed E-state index contributed by atoms with van der Waals surface area (Å²) in [5, 5.41) is 0. The molecule has 0 aliphatic heterocycles. The average Bonchev–Trinajstić information content (AvgIpc) is 2.76. The lowest BCUT2D eigenvalue weighted by atomic mass is 10.0. The Morgan fingerprint density at radius 2 is 2.05 bits per heavy atom. The molecule has 1 aromatic carbocycles. The summed E-state index contributed by atoms with van der Waals surface area (Å²) >= 11 is 0. The number of carbonyl (C=O) groups excluding carboxylic acids is 1. The second-order valence-electron chi connectivity index (χ2n) is 4.31. The average molecular weight is 264 g/mol. The van der Waals surface area contributed by atoms with Crippen LogP contribution in [-0.4, -0.2) is 10.9 Å². The van der Waals surface area contributed by atoms with Crippen LogP contribution in [0, 0.1) is 5.92 Å². The van der Waals surface area contributed by atoms with Crippen LogP contribution in [0.5, 0.6) is 0 Å². The minimum atomic E-state index is -0.402. The third-order valence-corrected chi connectivity index (χ3v) is 2.86. The van der Waals surface area contributed by atoms with Crippen molar-refractivity contribution in [1.82, 2.24) is 4.98 Å². The molecular formula is C14H20N2O3. The maximum atomic E-state index is 10.6. The lowest BCUT2D eigenvalue weighted by molar-refractivity contribution is -0.122. The molecule has 1 unspecified atom stereocenters. The highest BCUT2D eigenvalue weighted by Crippen LogP contribution is 2.08. The zero-order chi connectivity index (χ0) is 14.3. The van der Waals surface area contributed by atoms with Crippen LogP contribution in [-0.2, 0) is 4.79 Å². The van der Waals surface area contributed by atoms with E-state index in [1.165, 1.54) is 0 Å². The van der Waals surface area contributed by atoms with E-state index >= 15 is 0 Å². The Bertz CT molecular complexity index is 535. The molecule has 2 rings (SSSR count). The van der Waals surface area contributed by atoms with E-state index in [0.29, 0.717) is 5.58 Å². The van der Waals surface area contributed by atoms with Crippen molar-refractivity contribution >= 4 is 17.0 Å². The van der Waals surface area contributed by atoms with Gasteiger partial charge in [-0.3, -0.25) is 9.78 Å². The van der Waals surface area contributed by atoms with E-state index in [9.17, 15) is 9.59 Å². The summed E-state index contributed by atoms with van der Waals surface area (Å²) in [5.41, 5.74) is 6.44. The predicted octanol–water partition coefficient (Wildman–Crippen LogP) is 2.42. The van der Waals surface area contributed by atoms with Gasteiger partial charge in [0.15, 0.2) is 5.58 Å². The van der Waals surface area contributed by atoms with E-state index in [4.69, 9.17) is 10.2 Å². The van der Waals surface area contributed by atoms with Gasteiger partial charge in [-0.15, -0.1) is 0 Å². The van der Waals surface area contributed by atoms with Crippen molar-refractivity contribution in [3.8, 4) is 0 Å². The number of fused-ring (bicyclic) bond motifs is 1. The number of aromatic amines is 1. The highest BCUT2D eigenvalue weighted by atomic mass is 16.4. The summed E-state index contributed by atoms with van der Waals surface area (Å²) in [6.07, 6.45) is 2.86. The number of rotatable bonds is 4. The first kappa shape index (κ1) is 15.0. The van der Waals surface area contributed by atoms with E-state index in [-0.39, 0.29) is 11.8 Å². The van der Waals surface area contributed by atoms with Crippen molar-refractivity contribution in [1.29, 1.82) is 0 Å². The first-order chi connectivity index (χ1) is 9.08. The summed E-state index contributed by atoms with van der Waals surface area (Å²) in [7, 11) is 0. The van der Waals surface area contributed by atoms with Crippen LogP contribution >= 0.6 is 0 Å². The molecule has 1 aromatic heterocycles. The number of aromatic nitrogens is 1. The Labute approximate surface area is 111 Å². The highest BCUT2D eigenvalue weighted by Gasteiger charge is 2.09. The van der Waals surface area contributed by atoms with Gasteiger partial charge in [-0.05, 0) is 25.0 Å². The molecule has 0 spiro atoms. The fourth-order valence-corrected chi connectivity index (χ4v) is 1.79. The van der Waals surface area contributed by atoms with Crippen molar-refractivity contribution < 1.29 is 9.21 Å². The highest BCUT2D eigenvalue weighted by molar-refractivity contribution is 5.76. The zero-order valence-electron chi connectivity index (χ0n) is 11.3. The summed E-state index contributed by atoms with van der Waals surface area (Å²) in [6.45, 7) is 4.05. The van der Waals surface area contributed by atoms with Gasteiger partial charge in [0.1, 0.15) is 0 Å². The third-order valence-electron chi connectivity index (χ3n) is 2.86. The summed E-state index contributed by atoms with van der Waals surface area (Å²) in [6, 6.07) is 7.19. The van der Waals surface area contributed by atoms with Crippen LogP contribution in [0.2, 0.25) is 0 Å². The quantitative estimate of drug-likeness (QED) is 0.888. The molecule has 19 heavy (non-hydrogen) atoms. The molecule has 1 atom stereocenters. The maximum Gasteiger partial charge on any atom is 0.417 e. The molecule has 1 heterocycles. The fourth-order valence-electron chi connectivity index (χ4n) is 1.79. The number of hydrogen-bond donors (Lipinski definition) is 2. The van der Waals surface area contributed by atoms with Crippen LogP contribution in [0.4, 0.5) is 0 Å². The molecule has 0 fully saturated rings. The van der Waals surface area contributed by atoms with E-state index < -0.39 is 5.76 Å². The summed E-state index contributed by atoms with van der Waals surface area (Å²) in [4.78, 5) is 23.6. The number of H-pyrrole nitrogens is 1. The minimum absolute atomic E-state index is 0.106. The number of amides is 1. The fraction of sp³-hybridized carbons (Fsp3) is 0.429. The monoisotopic (exact) mass is 264 g/mol. The largest absolute Gasteiger partial charge is 0.417 e. The molecule has 0 saturated heterocycles. The van der Waals surface area contributed by atoms with Crippen LogP contribution < -0.4 is 11.5 Å². The van der Waals surface area contributed by atoms with Crippen LogP contribution in [0.1, 0.15) is 33.1 Å². The molecule has 5 heteroatoms. The lowest BCUT2D eigenvalue weighted by Crippen LogP contribution is -2.22. The lowest BCUT2D eigenvalue weighted by Gasteiger charge is -2.06. The van der Waals surface area contributed by atoms with Gasteiger partial charge in [0, 0.05) is 5.92 Å². The number of hydrogen-bond acceptors (Lipinski definition) is 3. The van der Waals surface area contributed by atoms with Crippen molar-refractivity contribution in [2.45, 2.75) is 33.1 Å². The van der Waals surface area contributed by atoms with E-state index in [0.717, 1.165) is 24.8 Å². The van der Waals surface area contributed by atoms with Gasteiger partial charge in [0.05, 0.1) is 5.52 Å². The van der Waals surface area contributed by atoms with E-state index in [1.807, 2.05) is 19.1 Å². The van der Waals surface area contributed by atoms with Gasteiger partial charge in [-0.25, -0.2) is 4.79 Å². The number of benzene rings is 1. The first-order valence-electron chi connectivity index (χ1n) is 6.45. The van der Waals surface area contributed by atoms with Crippen LogP contribution in [0.3, 0.4) is 0 Å². The first-order valence-corrected chi connectivity index (χ1v) is 6.45.